The molecule has 104 heavy (non-hydrogen) atoms. The van der Waals surface area contributed by atoms with E-state index in [9.17, 15) is 90.3 Å². The summed E-state index contributed by atoms with van der Waals surface area (Å²) in [5, 5.41) is 16.3. The van der Waals surface area contributed by atoms with Crippen molar-refractivity contribution in [2.24, 2.45) is 0 Å². The van der Waals surface area contributed by atoms with Crippen LogP contribution in [0.4, 0.5) is 17.2 Å². The molecule has 0 saturated carbocycles. The minimum absolute atomic E-state index is 0.0240. The fraction of sp³-hybridized carbons (Fsp3) is 0.590. The van der Waals surface area contributed by atoms with E-state index in [1.54, 1.807) is 44.2 Å². The molecule has 1 saturated heterocycles. The summed E-state index contributed by atoms with van der Waals surface area (Å²) in [4.78, 5) is 79.6. The van der Waals surface area contributed by atoms with Crippen molar-refractivity contribution in [3.63, 3.8) is 0 Å². The fourth-order valence-electron chi connectivity index (χ4n) is 12.2. The third-order valence-electron chi connectivity index (χ3n) is 17.1. The van der Waals surface area contributed by atoms with Crippen molar-refractivity contribution < 1.29 is 137 Å². The number of phosphoric acid groups is 2. The number of rotatable bonds is 47. The van der Waals surface area contributed by atoms with Gasteiger partial charge in [-0.2, -0.15) is 34.8 Å². The van der Waals surface area contributed by atoms with Gasteiger partial charge in [-0.3, -0.25) is 36.9 Å². The van der Waals surface area contributed by atoms with Gasteiger partial charge >= 0.3 is 21.3 Å². The molecule has 37 nitrogen and oxygen atoms in total. The first kappa shape index (κ1) is 87.2. The van der Waals surface area contributed by atoms with E-state index < -0.39 is 120 Å². The molecular weight excluding hydrogens is 1500 g/mol. The van der Waals surface area contributed by atoms with Crippen LogP contribution >= 0.6 is 15.6 Å². The number of aliphatic hydroxyl groups excluding tert-OH is 1. The van der Waals surface area contributed by atoms with Crippen LogP contribution in [-0.4, -0.2) is 237 Å². The van der Waals surface area contributed by atoms with E-state index in [2.05, 4.69) is 24.7 Å². The number of fused-ring (bicyclic) bond motifs is 2. The zero-order chi connectivity index (χ0) is 76.9. The standard InChI is InChI=1S/C61H91N7O30P2S4/c1-60(22-11-37-101(79,80)81)46-39-44(103(85,86)87)17-19-48(46)66(51(60)14-6-4-7-15-52-61(2,23-12-38-102(82,83)84)47-40-45(104(88,89)90)18-20-49(47)67(52)27-30-91-3)26-9-5-8-16-53(69)64-25-29-93-32-34-95-36-35-94-33-31-92-28-21-54(70)63-24-10-13-43-41-68(59(72)65-57(43)62)58-55(71)56(98-100(76,77)78)50(97-58)42-96-99(73,74)75/h4,6-7,14-15,17-20,39-41,50,55-56,58,71H,5,8-13,16,21-38,42H2,1-3H3,(H11-,62,63,64,65,69,70,72,73,74,75,76,77,78,79,80,81,82,83,84,85,86,87,88,89,90)/t50-,55?,56+,58-,60?,61?/m1/s1. The molecule has 6 rings (SSSR count). The predicted molar refractivity (Wildman–Crippen MR) is 370 cm³/mol. The first-order valence-electron chi connectivity index (χ1n) is 32.7. The Morgan fingerprint density at radius 3 is 1.93 bits per heavy atom. The highest BCUT2D eigenvalue weighted by atomic mass is 32.2. The minimum atomic E-state index is -5.29. The van der Waals surface area contributed by atoms with E-state index >= 15 is 0 Å². The zero-order valence-corrected chi connectivity index (χ0v) is 62.3. The van der Waals surface area contributed by atoms with Gasteiger partial charge in [0.2, 0.25) is 17.5 Å². The molecule has 1 fully saturated rings. The van der Waals surface area contributed by atoms with Crippen molar-refractivity contribution in [3.8, 4) is 0 Å². The Labute approximate surface area is 602 Å². The van der Waals surface area contributed by atoms with Crippen molar-refractivity contribution in [3.05, 3.63) is 106 Å². The molecule has 0 radical (unpaired) electrons. The second-order valence-corrected chi connectivity index (χ2v) is 33.1. The molecule has 12 N–H and O–H groups in total. The molecule has 3 aliphatic heterocycles. The Morgan fingerprint density at radius 1 is 0.731 bits per heavy atom. The van der Waals surface area contributed by atoms with Gasteiger partial charge in [0.25, 0.3) is 30.4 Å². The van der Waals surface area contributed by atoms with Crippen molar-refractivity contribution in [1.82, 2.24) is 20.2 Å². The zero-order valence-electron chi connectivity index (χ0n) is 57.3. The summed E-state index contributed by atoms with van der Waals surface area (Å²) in [5.41, 5.74) is 6.16. The quantitative estimate of drug-likeness (QED) is 0.0126. The molecule has 0 spiro atoms. The molecule has 3 aromatic rings. The van der Waals surface area contributed by atoms with Gasteiger partial charge in [0.15, 0.2) is 18.5 Å². The number of methoxy groups -OCH3 is 1. The number of carbonyl (C=O) groups is 2. The maximum atomic E-state index is 12.8. The lowest BCUT2D eigenvalue weighted by atomic mass is 9.76. The molecule has 1 aromatic heterocycles. The molecule has 3 unspecified atom stereocenters. The Bertz CT molecular complexity index is 4230. The number of aromatic nitrogens is 2. The second kappa shape index (κ2) is 38.9. The van der Waals surface area contributed by atoms with Crippen LogP contribution in [0, 0.1) is 0 Å². The molecule has 43 heteroatoms. The van der Waals surface area contributed by atoms with Crippen LogP contribution in [0.5, 0.6) is 0 Å². The highest BCUT2D eigenvalue weighted by molar-refractivity contribution is 7.86. The summed E-state index contributed by atoms with van der Waals surface area (Å²) in [6.07, 6.45) is 4.83. The highest BCUT2D eigenvalue weighted by Gasteiger charge is 2.51. The van der Waals surface area contributed by atoms with Gasteiger partial charge in [-0.05, 0) is 107 Å². The Balaban J connectivity index is 0.904. The molecule has 2 aromatic carbocycles. The van der Waals surface area contributed by atoms with Crippen molar-refractivity contribution in [1.29, 1.82) is 0 Å². The van der Waals surface area contributed by atoms with Crippen molar-refractivity contribution in [2.75, 3.05) is 121 Å². The van der Waals surface area contributed by atoms with Gasteiger partial charge in [-0.1, -0.05) is 24.6 Å². The average Bonchev–Trinajstić information content (AvgIpc) is 1.58. The second-order valence-electron chi connectivity index (χ2n) is 24.8. The van der Waals surface area contributed by atoms with Gasteiger partial charge in [-0.25, -0.2) is 22.3 Å². The molecule has 584 valence electrons. The third kappa shape index (κ3) is 26.9. The summed E-state index contributed by atoms with van der Waals surface area (Å²) in [7, 11) is -27.3. The number of hydrogen-bond acceptors (Lipinski definition) is 26. The number of carbonyl (C=O) groups excluding carboxylic acids is 2. The van der Waals surface area contributed by atoms with Crippen molar-refractivity contribution >= 4 is 90.8 Å². The van der Waals surface area contributed by atoms with E-state index in [0.717, 1.165) is 4.57 Å². The lowest BCUT2D eigenvalue weighted by molar-refractivity contribution is -0.441. The number of hydrogen-bond donors (Lipinski definition) is 11. The highest BCUT2D eigenvalue weighted by Crippen LogP contribution is 2.52. The van der Waals surface area contributed by atoms with E-state index in [4.69, 9.17) is 43.9 Å². The molecule has 2 amide bonds. The number of allylic oxidation sites excluding steroid dienone is 6. The van der Waals surface area contributed by atoms with Crippen LogP contribution in [0.25, 0.3) is 0 Å². The van der Waals surface area contributed by atoms with E-state index in [1.165, 1.54) is 49.7 Å². The first-order chi connectivity index (χ1) is 48.7. The summed E-state index contributed by atoms with van der Waals surface area (Å²) in [6.45, 7) is 5.47. The van der Waals surface area contributed by atoms with Crippen LogP contribution in [0.3, 0.4) is 0 Å². The van der Waals surface area contributed by atoms with Crippen LogP contribution < -0.4 is 27.0 Å². The third-order valence-corrected chi connectivity index (χ3v) is 21.4. The normalized spacial score (nSPS) is 20.7. The smallest absolute Gasteiger partial charge is 0.470 e. The average molecular weight is 1590 g/mol. The molecule has 6 atom stereocenters. The van der Waals surface area contributed by atoms with E-state index in [1.807, 2.05) is 9.48 Å². The number of aryl methyl sites for hydroxylation is 1. The predicted octanol–water partition coefficient (Wildman–Crippen LogP) is 1.82. The van der Waals surface area contributed by atoms with Gasteiger partial charge in [-0.15, -0.1) is 0 Å². The van der Waals surface area contributed by atoms with Gasteiger partial charge in [0.05, 0.1) is 86.2 Å². The minimum Gasteiger partial charge on any atom is -0.744 e. The summed E-state index contributed by atoms with van der Waals surface area (Å²) < 4.78 is 206. The molecule has 4 heterocycles. The molecule has 3 aliphatic rings. The molecule has 0 aliphatic carbocycles. The Morgan fingerprint density at radius 2 is 1.33 bits per heavy atom. The van der Waals surface area contributed by atoms with Crippen molar-refractivity contribution in [2.45, 2.75) is 130 Å². The fourth-order valence-corrected chi connectivity index (χ4v) is 15.1. The van der Waals surface area contributed by atoms with Crippen LogP contribution in [0.1, 0.15) is 101 Å². The van der Waals surface area contributed by atoms with E-state index in [-0.39, 0.29) is 152 Å². The monoisotopic (exact) mass is 1590 g/mol. The van der Waals surface area contributed by atoms with Gasteiger partial charge < -0.3 is 78.9 Å². The molecule has 0 bridgehead atoms. The number of phosphoric ester groups is 2. The first-order valence-corrected chi connectivity index (χ1v) is 41.9. The number of unbranched alkanes of at least 4 members (excludes halogenated alkanes) is 2. The number of benzene rings is 2. The lowest BCUT2D eigenvalue weighted by Gasteiger charge is -2.30. The number of amides is 2. The number of ether oxygens (including phenoxy) is 6. The van der Waals surface area contributed by atoms with Crippen LogP contribution in [0.2, 0.25) is 0 Å². The molecular formula is C61H91N7O30P2S4. The largest absolute Gasteiger partial charge is 0.744 e. The Hall–Kier alpha value is -5.67. The maximum Gasteiger partial charge on any atom is 0.470 e. The number of nitrogen functional groups attached to an aromatic ring is 1. The van der Waals surface area contributed by atoms with Gasteiger partial charge in [0, 0.05) is 85.9 Å². The summed E-state index contributed by atoms with van der Waals surface area (Å²) >= 11 is 0. The topological polar surface area (TPSA) is 555 Å². The lowest BCUT2D eigenvalue weighted by Crippen LogP contribution is -2.38. The Kier molecular flexibility index (Phi) is 32.7. The summed E-state index contributed by atoms with van der Waals surface area (Å²) in [6, 6.07) is 8.05. The number of anilines is 2. The van der Waals surface area contributed by atoms with Crippen LogP contribution in [0.15, 0.2) is 93.3 Å². The number of nitrogens with zero attached hydrogens (tertiary/aromatic N) is 4. The van der Waals surface area contributed by atoms with Gasteiger partial charge in [0.1, 0.15) is 40.9 Å². The summed E-state index contributed by atoms with van der Waals surface area (Å²) in [5.74, 6) is -1.93. The number of aliphatic hydroxyl groups is 1. The SMILES string of the molecule is COCC[N+]1=C(/C=C/C=C/C=C2/N(CCCCCC(=O)NCCOCCOCCOCCOCCC(=O)NCCCc3cn([C@@H]4O[C@H](COP(=O)(O)O)[C@H](OP(=O)(O)O)C4O)c(=O)nc3N)c3ccc(S(=O)(=O)[O-])cc3C2(C)CCCS(=O)(=O)O)C(C)(CCCS(=O)(=O)O)c2cc(S(=O)(=O)O)ccc21. The number of nitrogens with one attached hydrogen (secondary N) is 2. The van der Waals surface area contributed by atoms with Crippen LogP contribution in [-0.2, 0) is 114 Å². The number of nitrogens with two attached hydrogens (primary N) is 1. The van der Waals surface area contributed by atoms with E-state index in [0.29, 0.717) is 66.1 Å². The maximum absolute atomic E-state index is 12.8.